The van der Waals surface area contributed by atoms with Crippen molar-refractivity contribution < 1.29 is 0 Å². The molecule has 3 aromatic rings. The monoisotopic (exact) mass is 262 g/mol. The van der Waals surface area contributed by atoms with Gasteiger partial charge in [-0.05, 0) is 23.8 Å². The van der Waals surface area contributed by atoms with Crippen LogP contribution in [0.5, 0.6) is 0 Å². The molecular formula is C16H14N4. The molecule has 2 N–H and O–H groups in total. The standard InChI is InChI=1S/C16H14N4/c17-9-12-5-1-2-6-13(12)11-20-15-8-4-3-7-14(15)19-16(20)10-18/h1-8H,10-11,18H2. The number of aromatic nitrogens is 2. The Hall–Kier alpha value is -2.64. The first kappa shape index (κ1) is 12.4. The first-order valence-corrected chi connectivity index (χ1v) is 6.45. The van der Waals surface area contributed by atoms with E-state index in [9.17, 15) is 5.26 Å². The summed E-state index contributed by atoms with van der Waals surface area (Å²) >= 11 is 0. The fraction of sp³-hybridized carbons (Fsp3) is 0.125. The molecule has 4 nitrogen and oxygen atoms in total. The van der Waals surface area contributed by atoms with Gasteiger partial charge in [0.2, 0.25) is 0 Å². The van der Waals surface area contributed by atoms with Gasteiger partial charge in [-0.3, -0.25) is 0 Å². The van der Waals surface area contributed by atoms with Crippen molar-refractivity contribution in [1.82, 2.24) is 9.55 Å². The van der Waals surface area contributed by atoms with E-state index >= 15 is 0 Å². The van der Waals surface area contributed by atoms with Gasteiger partial charge in [0, 0.05) is 0 Å². The average molecular weight is 262 g/mol. The molecule has 1 aromatic heterocycles. The van der Waals surface area contributed by atoms with Crippen LogP contribution in [0, 0.1) is 11.3 Å². The van der Waals surface area contributed by atoms with Gasteiger partial charge in [0.15, 0.2) is 0 Å². The van der Waals surface area contributed by atoms with Crippen LogP contribution < -0.4 is 5.73 Å². The Morgan fingerprint density at radius 1 is 1.10 bits per heavy atom. The highest BCUT2D eigenvalue weighted by Gasteiger charge is 2.10. The van der Waals surface area contributed by atoms with Crippen LogP contribution in [0.3, 0.4) is 0 Å². The number of nitriles is 1. The second-order valence-electron chi connectivity index (χ2n) is 4.58. The fourth-order valence-electron chi connectivity index (χ4n) is 2.40. The molecule has 0 aliphatic heterocycles. The van der Waals surface area contributed by atoms with Gasteiger partial charge in [-0.2, -0.15) is 5.26 Å². The predicted molar refractivity (Wildman–Crippen MR) is 77.9 cm³/mol. The summed E-state index contributed by atoms with van der Waals surface area (Å²) in [7, 11) is 0. The average Bonchev–Trinajstić information content (AvgIpc) is 2.86. The molecule has 0 spiro atoms. The number of benzene rings is 2. The van der Waals surface area contributed by atoms with Crippen molar-refractivity contribution in [3.8, 4) is 6.07 Å². The summed E-state index contributed by atoms with van der Waals surface area (Å²) in [6.45, 7) is 0.986. The van der Waals surface area contributed by atoms with Gasteiger partial charge >= 0.3 is 0 Å². The van der Waals surface area contributed by atoms with Crippen molar-refractivity contribution in [3.05, 3.63) is 65.5 Å². The quantitative estimate of drug-likeness (QED) is 0.788. The van der Waals surface area contributed by atoms with Crippen LogP contribution in [0.1, 0.15) is 17.0 Å². The van der Waals surface area contributed by atoms with Crippen molar-refractivity contribution in [2.24, 2.45) is 5.73 Å². The molecule has 98 valence electrons. The molecule has 3 rings (SSSR count). The van der Waals surface area contributed by atoms with Gasteiger partial charge in [-0.15, -0.1) is 0 Å². The summed E-state index contributed by atoms with van der Waals surface area (Å²) in [5.41, 5.74) is 9.43. The molecule has 0 aliphatic carbocycles. The van der Waals surface area contributed by atoms with Crippen molar-refractivity contribution in [2.75, 3.05) is 0 Å². The minimum Gasteiger partial charge on any atom is -0.324 e. The van der Waals surface area contributed by atoms with E-state index in [1.54, 1.807) is 0 Å². The van der Waals surface area contributed by atoms with E-state index in [1.165, 1.54) is 0 Å². The molecular weight excluding hydrogens is 248 g/mol. The van der Waals surface area contributed by atoms with E-state index in [4.69, 9.17) is 5.73 Å². The Morgan fingerprint density at radius 2 is 1.85 bits per heavy atom. The molecule has 0 saturated carbocycles. The molecule has 0 fully saturated rings. The topological polar surface area (TPSA) is 67.6 Å². The smallest absolute Gasteiger partial charge is 0.123 e. The van der Waals surface area contributed by atoms with Gasteiger partial charge in [-0.25, -0.2) is 4.98 Å². The Bertz CT molecular complexity index is 796. The van der Waals surface area contributed by atoms with Crippen LogP contribution in [-0.4, -0.2) is 9.55 Å². The lowest BCUT2D eigenvalue weighted by Crippen LogP contribution is -2.10. The maximum Gasteiger partial charge on any atom is 0.123 e. The van der Waals surface area contributed by atoms with E-state index in [1.807, 2.05) is 48.5 Å². The minimum atomic E-state index is 0.378. The number of nitrogens with two attached hydrogens (primary N) is 1. The first-order valence-electron chi connectivity index (χ1n) is 6.45. The van der Waals surface area contributed by atoms with Crippen molar-refractivity contribution in [2.45, 2.75) is 13.1 Å². The Labute approximate surface area is 117 Å². The number of fused-ring (bicyclic) bond motifs is 1. The van der Waals surface area contributed by atoms with Crippen LogP contribution in [0.25, 0.3) is 11.0 Å². The van der Waals surface area contributed by atoms with Crippen molar-refractivity contribution in [3.63, 3.8) is 0 Å². The number of imidazole rings is 1. The van der Waals surface area contributed by atoms with Crippen LogP contribution >= 0.6 is 0 Å². The Balaban J connectivity index is 2.13. The van der Waals surface area contributed by atoms with Gasteiger partial charge in [-0.1, -0.05) is 30.3 Å². The van der Waals surface area contributed by atoms with Crippen molar-refractivity contribution in [1.29, 1.82) is 5.26 Å². The molecule has 2 aromatic carbocycles. The molecule has 4 heteroatoms. The Morgan fingerprint density at radius 3 is 2.65 bits per heavy atom. The number of para-hydroxylation sites is 2. The highest BCUT2D eigenvalue weighted by atomic mass is 15.1. The SMILES string of the molecule is N#Cc1ccccc1Cn1c(CN)nc2ccccc21. The zero-order valence-corrected chi connectivity index (χ0v) is 11.0. The van der Waals surface area contributed by atoms with Gasteiger partial charge in [0.05, 0.1) is 35.8 Å². The van der Waals surface area contributed by atoms with E-state index < -0.39 is 0 Å². The molecule has 1 heterocycles. The maximum atomic E-state index is 9.19. The van der Waals surface area contributed by atoms with E-state index in [0.29, 0.717) is 18.7 Å². The second-order valence-corrected chi connectivity index (χ2v) is 4.58. The van der Waals surface area contributed by atoms with Gasteiger partial charge < -0.3 is 10.3 Å². The van der Waals surface area contributed by atoms with Gasteiger partial charge in [0.1, 0.15) is 5.82 Å². The van der Waals surface area contributed by atoms with Crippen LogP contribution in [0.2, 0.25) is 0 Å². The van der Waals surface area contributed by atoms with E-state index in [0.717, 1.165) is 22.4 Å². The number of nitrogens with zero attached hydrogens (tertiary/aromatic N) is 3. The highest BCUT2D eigenvalue weighted by molar-refractivity contribution is 5.76. The third-order valence-corrected chi connectivity index (χ3v) is 3.38. The molecule has 20 heavy (non-hydrogen) atoms. The van der Waals surface area contributed by atoms with E-state index in [2.05, 4.69) is 15.6 Å². The van der Waals surface area contributed by atoms with Gasteiger partial charge in [0.25, 0.3) is 0 Å². The summed E-state index contributed by atoms with van der Waals surface area (Å²) in [6.07, 6.45) is 0. The van der Waals surface area contributed by atoms with Crippen molar-refractivity contribution >= 4 is 11.0 Å². The molecule has 0 bridgehead atoms. The lowest BCUT2D eigenvalue weighted by Gasteiger charge is -2.09. The zero-order chi connectivity index (χ0) is 13.9. The van der Waals surface area contributed by atoms with E-state index in [-0.39, 0.29) is 0 Å². The Kier molecular flexibility index (Phi) is 3.20. The third-order valence-electron chi connectivity index (χ3n) is 3.38. The number of hydrogen-bond acceptors (Lipinski definition) is 3. The molecule has 0 saturated heterocycles. The summed E-state index contributed by atoms with van der Waals surface area (Å²) in [6, 6.07) is 17.8. The fourth-order valence-corrected chi connectivity index (χ4v) is 2.40. The lowest BCUT2D eigenvalue weighted by atomic mass is 10.1. The summed E-state index contributed by atoms with van der Waals surface area (Å²) in [4.78, 5) is 4.54. The van der Waals surface area contributed by atoms with Crippen LogP contribution in [-0.2, 0) is 13.1 Å². The zero-order valence-electron chi connectivity index (χ0n) is 11.0. The largest absolute Gasteiger partial charge is 0.324 e. The summed E-state index contributed by atoms with van der Waals surface area (Å²) < 4.78 is 2.07. The summed E-state index contributed by atoms with van der Waals surface area (Å²) in [5, 5.41) is 9.19. The molecule has 0 amide bonds. The lowest BCUT2D eigenvalue weighted by molar-refractivity contribution is 0.742. The number of hydrogen-bond donors (Lipinski definition) is 1. The predicted octanol–water partition coefficient (Wildman–Crippen LogP) is 2.41. The second kappa shape index (κ2) is 5.16. The molecule has 0 radical (unpaired) electrons. The molecule has 0 atom stereocenters. The van der Waals surface area contributed by atoms with Crippen LogP contribution in [0.15, 0.2) is 48.5 Å². The number of rotatable bonds is 3. The third kappa shape index (κ3) is 2.04. The summed E-state index contributed by atoms with van der Waals surface area (Å²) in [5.74, 6) is 0.832. The highest BCUT2D eigenvalue weighted by Crippen LogP contribution is 2.19. The molecule has 0 unspecified atom stereocenters. The minimum absolute atomic E-state index is 0.378. The van der Waals surface area contributed by atoms with Crippen LogP contribution in [0.4, 0.5) is 0 Å². The molecule has 0 aliphatic rings. The first-order chi connectivity index (χ1) is 9.83. The maximum absolute atomic E-state index is 9.19. The normalized spacial score (nSPS) is 10.6.